The molecule has 1 aliphatic heterocycles. The highest BCUT2D eigenvalue weighted by Crippen LogP contribution is 2.10. The summed E-state index contributed by atoms with van der Waals surface area (Å²) in [5, 5.41) is 2.30. The first-order chi connectivity index (χ1) is 4.47. The van der Waals surface area contributed by atoms with Gasteiger partial charge >= 0.3 is 0 Å². The van der Waals surface area contributed by atoms with Crippen molar-refractivity contribution in [1.82, 2.24) is 0 Å². The molecule has 0 atom stereocenters. The van der Waals surface area contributed by atoms with E-state index in [0.717, 1.165) is 13.0 Å². The van der Waals surface area contributed by atoms with Crippen molar-refractivity contribution < 1.29 is 9.73 Å². The second-order valence-electron chi connectivity index (χ2n) is 2.40. The van der Waals surface area contributed by atoms with E-state index in [9.17, 15) is 0 Å². The fourth-order valence-electron chi connectivity index (χ4n) is 1.26. The van der Waals surface area contributed by atoms with Crippen LogP contribution in [-0.2, 0) is 13.0 Å². The Kier molecular flexibility index (Phi) is 1.06. The molecular weight excluding hydrogens is 114 g/mol. The van der Waals surface area contributed by atoms with Crippen LogP contribution < -0.4 is 5.32 Å². The van der Waals surface area contributed by atoms with Crippen molar-refractivity contribution in [2.75, 3.05) is 6.54 Å². The summed E-state index contributed by atoms with van der Waals surface area (Å²) in [6.45, 7) is 2.28. The normalized spacial score (nSPS) is 17.3. The van der Waals surface area contributed by atoms with E-state index in [2.05, 4.69) is 11.4 Å². The Hall–Kier alpha value is -0.760. The Balaban J connectivity index is 2.39. The van der Waals surface area contributed by atoms with E-state index in [0.29, 0.717) is 0 Å². The minimum atomic E-state index is 1.10. The van der Waals surface area contributed by atoms with Gasteiger partial charge in [0.15, 0.2) is 0 Å². The zero-order valence-corrected chi connectivity index (χ0v) is 5.26. The Bertz CT molecular complexity index is 184. The number of furan rings is 1. The maximum Gasteiger partial charge on any atom is 0.118 e. The maximum atomic E-state index is 5.24. The van der Waals surface area contributed by atoms with Gasteiger partial charge in [-0.2, -0.15) is 0 Å². The summed E-state index contributed by atoms with van der Waals surface area (Å²) in [5.41, 5.74) is 1.38. The van der Waals surface area contributed by atoms with Crippen molar-refractivity contribution in [2.24, 2.45) is 0 Å². The molecule has 0 saturated heterocycles. The summed E-state index contributed by atoms with van der Waals surface area (Å²) in [6.07, 6.45) is 2.88. The van der Waals surface area contributed by atoms with Gasteiger partial charge in [-0.15, -0.1) is 0 Å². The number of hydrogen-bond acceptors (Lipinski definition) is 1. The molecule has 0 aliphatic carbocycles. The second kappa shape index (κ2) is 1.88. The zero-order valence-electron chi connectivity index (χ0n) is 5.26. The molecule has 9 heavy (non-hydrogen) atoms. The lowest BCUT2D eigenvalue weighted by Crippen LogP contribution is -2.84. The highest BCUT2D eigenvalue weighted by atomic mass is 16.3. The van der Waals surface area contributed by atoms with E-state index in [1.165, 1.54) is 17.9 Å². The molecule has 1 aromatic rings. The van der Waals surface area contributed by atoms with Gasteiger partial charge in [-0.25, -0.2) is 0 Å². The fourth-order valence-corrected chi connectivity index (χ4v) is 1.26. The first-order valence-electron chi connectivity index (χ1n) is 3.34. The van der Waals surface area contributed by atoms with Crippen LogP contribution in [-0.4, -0.2) is 6.54 Å². The summed E-state index contributed by atoms with van der Waals surface area (Å²) in [5.74, 6) is 1.19. The van der Waals surface area contributed by atoms with E-state index >= 15 is 0 Å². The third-order valence-electron chi connectivity index (χ3n) is 1.78. The first-order valence-corrected chi connectivity index (χ1v) is 3.34. The molecule has 0 saturated carbocycles. The predicted molar refractivity (Wildman–Crippen MR) is 32.9 cm³/mol. The fraction of sp³-hybridized carbons (Fsp3) is 0.429. The molecule has 0 amide bonds. The number of quaternary nitrogens is 1. The second-order valence-corrected chi connectivity index (χ2v) is 2.40. The van der Waals surface area contributed by atoms with Gasteiger partial charge in [0.1, 0.15) is 12.3 Å². The van der Waals surface area contributed by atoms with E-state index in [1.54, 1.807) is 6.26 Å². The smallest absolute Gasteiger partial charge is 0.118 e. The van der Waals surface area contributed by atoms with Crippen LogP contribution in [0.5, 0.6) is 0 Å². The summed E-state index contributed by atoms with van der Waals surface area (Å²) >= 11 is 0. The molecule has 48 valence electrons. The SMILES string of the molecule is c1cc2c(o1)CC[NH2+]C2. The molecule has 0 aromatic carbocycles. The van der Waals surface area contributed by atoms with Crippen molar-refractivity contribution in [2.45, 2.75) is 13.0 Å². The van der Waals surface area contributed by atoms with E-state index < -0.39 is 0 Å². The van der Waals surface area contributed by atoms with Gasteiger partial charge in [0.2, 0.25) is 0 Å². The lowest BCUT2D eigenvalue weighted by molar-refractivity contribution is -0.673. The molecule has 0 bridgehead atoms. The average molecular weight is 124 g/mol. The van der Waals surface area contributed by atoms with E-state index in [1.807, 2.05) is 0 Å². The Morgan fingerprint density at radius 1 is 1.56 bits per heavy atom. The summed E-state index contributed by atoms with van der Waals surface area (Å²) in [6, 6.07) is 2.06. The third kappa shape index (κ3) is 0.754. The van der Waals surface area contributed by atoms with Gasteiger partial charge in [0, 0.05) is 5.56 Å². The minimum absolute atomic E-state index is 1.10. The number of nitrogens with two attached hydrogens (primary N) is 1. The van der Waals surface area contributed by atoms with E-state index in [4.69, 9.17) is 4.42 Å². The minimum Gasteiger partial charge on any atom is -0.469 e. The molecule has 0 fully saturated rings. The van der Waals surface area contributed by atoms with Crippen molar-refractivity contribution in [3.63, 3.8) is 0 Å². The van der Waals surface area contributed by atoms with E-state index in [-0.39, 0.29) is 0 Å². The molecule has 2 heterocycles. The molecule has 0 unspecified atom stereocenters. The first kappa shape index (κ1) is 5.06. The van der Waals surface area contributed by atoms with Crippen LogP contribution in [0.3, 0.4) is 0 Å². The van der Waals surface area contributed by atoms with Crippen LogP contribution in [0.25, 0.3) is 0 Å². The Morgan fingerprint density at radius 3 is 3.44 bits per heavy atom. The topological polar surface area (TPSA) is 29.8 Å². The maximum absolute atomic E-state index is 5.24. The van der Waals surface area contributed by atoms with Gasteiger partial charge in [0.25, 0.3) is 0 Å². The molecule has 1 aliphatic rings. The van der Waals surface area contributed by atoms with Gasteiger partial charge in [-0.1, -0.05) is 0 Å². The molecule has 2 heteroatoms. The molecule has 2 nitrogen and oxygen atoms in total. The highest BCUT2D eigenvalue weighted by molar-refractivity contribution is 5.16. The van der Waals surface area contributed by atoms with Crippen molar-refractivity contribution >= 4 is 0 Å². The van der Waals surface area contributed by atoms with Gasteiger partial charge in [0.05, 0.1) is 19.2 Å². The Labute approximate surface area is 53.9 Å². The highest BCUT2D eigenvalue weighted by Gasteiger charge is 2.12. The zero-order chi connectivity index (χ0) is 6.10. The van der Waals surface area contributed by atoms with Gasteiger partial charge < -0.3 is 9.73 Å². The molecule has 0 radical (unpaired) electrons. The molecule has 2 rings (SSSR count). The van der Waals surface area contributed by atoms with Crippen LogP contribution in [0.4, 0.5) is 0 Å². The molecular formula is C7H10NO+. The van der Waals surface area contributed by atoms with Crippen molar-refractivity contribution in [3.05, 3.63) is 23.7 Å². The predicted octanol–water partition coefficient (Wildman–Crippen LogP) is -0.101. The van der Waals surface area contributed by atoms with Crippen LogP contribution in [0, 0.1) is 0 Å². The number of fused-ring (bicyclic) bond motifs is 1. The van der Waals surface area contributed by atoms with Gasteiger partial charge in [-0.05, 0) is 6.07 Å². The average Bonchev–Trinajstić information content (AvgIpc) is 2.33. The number of hydrogen-bond donors (Lipinski definition) is 1. The molecule has 2 N–H and O–H groups in total. The summed E-state index contributed by atoms with van der Waals surface area (Å²) < 4.78 is 5.24. The molecule has 1 aromatic heterocycles. The quantitative estimate of drug-likeness (QED) is 0.514. The standard InChI is InChI=1S/C7H9NO/c1-3-8-5-6-2-4-9-7(1)6/h2,4,8H,1,3,5H2/p+1. The van der Waals surface area contributed by atoms with Crippen LogP contribution in [0.2, 0.25) is 0 Å². The lowest BCUT2D eigenvalue weighted by atomic mass is 10.1. The van der Waals surface area contributed by atoms with Gasteiger partial charge in [-0.3, -0.25) is 0 Å². The summed E-state index contributed by atoms with van der Waals surface area (Å²) in [7, 11) is 0. The van der Waals surface area contributed by atoms with Crippen LogP contribution >= 0.6 is 0 Å². The molecule has 0 spiro atoms. The van der Waals surface area contributed by atoms with Crippen LogP contribution in [0.15, 0.2) is 16.7 Å². The number of rotatable bonds is 0. The van der Waals surface area contributed by atoms with Crippen molar-refractivity contribution in [3.8, 4) is 0 Å². The third-order valence-corrected chi connectivity index (χ3v) is 1.78. The monoisotopic (exact) mass is 124 g/mol. The van der Waals surface area contributed by atoms with Crippen molar-refractivity contribution in [1.29, 1.82) is 0 Å². The Morgan fingerprint density at radius 2 is 2.56 bits per heavy atom. The largest absolute Gasteiger partial charge is 0.469 e. The summed E-state index contributed by atoms with van der Waals surface area (Å²) in [4.78, 5) is 0. The van der Waals surface area contributed by atoms with Crippen LogP contribution in [0.1, 0.15) is 11.3 Å². The lowest BCUT2D eigenvalue weighted by Gasteiger charge is -2.06.